The molecule has 3 aromatic rings. The van der Waals surface area contributed by atoms with Crippen molar-refractivity contribution in [1.82, 2.24) is 19.8 Å². The number of rotatable bonds is 4. The number of hydrogen-bond donors (Lipinski definition) is 2. The molecular formula is C21H22N4O4. The first-order valence-corrected chi connectivity index (χ1v) is 9.48. The van der Waals surface area contributed by atoms with E-state index in [2.05, 4.69) is 9.97 Å². The van der Waals surface area contributed by atoms with Crippen LogP contribution in [0, 0.1) is 6.92 Å². The van der Waals surface area contributed by atoms with Crippen molar-refractivity contribution in [3.8, 4) is 5.75 Å². The third-order valence-electron chi connectivity index (χ3n) is 5.07. The Hall–Kier alpha value is -3.55. The van der Waals surface area contributed by atoms with Crippen molar-refractivity contribution in [2.24, 2.45) is 0 Å². The van der Waals surface area contributed by atoms with Crippen LogP contribution in [0.25, 0.3) is 11.0 Å². The number of imidazole rings is 1. The molecule has 0 bridgehead atoms. The highest BCUT2D eigenvalue weighted by molar-refractivity contribution is 5.97. The van der Waals surface area contributed by atoms with Crippen molar-refractivity contribution >= 4 is 22.8 Å². The zero-order valence-corrected chi connectivity index (χ0v) is 16.1. The molecule has 1 saturated heterocycles. The summed E-state index contributed by atoms with van der Waals surface area (Å²) in [4.78, 5) is 45.3. The zero-order valence-electron chi connectivity index (χ0n) is 16.1. The minimum absolute atomic E-state index is 0.0193. The zero-order chi connectivity index (χ0) is 20.4. The SMILES string of the molecule is Cc1ccc(OCC(=O)N2CCN(C(=O)c3ccc4[nH]c(=O)[nH]c4c3)CC2)cc1. The molecule has 0 unspecified atom stereocenters. The predicted octanol–water partition coefficient (Wildman–Crippen LogP) is 1.53. The van der Waals surface area contributed by atoms with Crippen molar-refractivity contribution < 1.29 is 14.3 Å². The Morgan fingerprint density at radius 3 is 2.31 bits per heavy atom. The monoisotopic (exact) mass is 394 g/mol. The summed E-state index contributed by atoms with van der Waals surface area (Å²) in [6.45, 7) is 3.81. The Bertz CT molecular complexity index is 1090. The molecule has 150 valence electrons. The number of benzene rings is 2. The number of aryl methyl sites for hydroxylation is 1. The van der Waals surface area contributed by atoms with Gasteiger partial charge in [-0.05, 0) is 37.3 Å². The molecule has 2 aromatic carbocycles. The van der Waals surface area contributed by atoms with E-state index in [9.17, 15) is 14.4 Å². The smallest absolute Gasteiger partial charge is 0.323 e. The summed E-state index contributed by atoms with van der Waals surface area (Å²) in [6.07, 6.45) is 0. The number of hydrogen-bond acceptors (Lipinski definition) is 4. The van der Waals surface area contributed by atoms with E-state index in [-0.39, 0.29) is 24.1 Å². The molecule has 2 N–H and O–H groups in total. The van der Waals surface area contributed by atoms with Gasteiger partial charge >= 0.3 is 5.69 Å². The van der Waals surface area contributed by atoms with Gasteiger partial charge in [-0.25, -0.2) is 4.79 Å². The second-order valence-corrected chi connectivity index (χ2v) is 7.11. The molecule has 0 radical (unpaired) electrons. The summed E-state index contributed by atoms with van der Waals surface area (Å²) >= 11 is 0. The number of amides is 2. The first kappa shape index (κ1) is 18.8. The van der Waals surface area contributed by atoms with Crippen molar-refractivity contribution in [1.29, 1.82) is 0 Å². The van der Waals surface area contributed by atoms with Crippen molar-refractivity contribution in [2.45, 2.75) is 6.92 Å². The van der Waals surface area contributed by atoms with E-state index in [4.69, 9.17) is 4.74 Å². The van der Waals surface area contributed by atoms with Crippen LogP contribution in [0.15, 0.2) is 47.3 Å². The molecule has 8 heteroatoms. The van der Waals surface area contributed by atoms with Crippen LogP contribution in [0.4, 0.5) is 0 Å². The highest BCUT2D eigenvalue weighted by Gasteiger charge is 2.25. The van der Waals surface area contributed by atoms with Gasteiger partial charge in [-0.3, -0.25) is 9.59 Å². The van der Waals surface area contributed by atoms with Gasteiger partial charge in [0.05, 0.1) is 11.0 Å². The number of fused-ring (bicyclic) bond motifs is 1. The predicted molar refractivity (Wildman–Crippen MR) is 108 cm³/mol. The second-order valence-electron chi connectivity index (χ2n) is 7.11. The molecule has 8 nitrogen and oxygen atoms in total. The van der Waals surface area contributed by atoms with E-state index in [1.807, 2.05) is 31.2 Å². The highest BCUT2D eigenvalue weighted by atomic mass is 16.5. The molecule has 2 amide bonds. The van der Waals surface area contributed by atoms with Crippen LogP contribution in [0.1, 0.15) is 15.9 Å². The van der Waals surface area contributed by atoms with E-state index in [0.717, 1.165) is 5.56 Å². The fourth-order valence-electron chi connectivity index (χ4n) is 3.38. The van der Waals surface area contributed by atoms with Gasteiger partial charge in [0.15, 0.2) is 6.61 Å². The van der Waals surface area contributed by atoms with Crippen LogP contribution in [0.3, 0.4) is 0 Å². The quantitative estimate of drug-likeness (QED) is 0.701. The van der Waals surface area contributed by atoms with Gasteiger partial charge in [0, 0.05) is 31.7 Å². The van der Waals surface area contributed by atoms with Crippen LogP contribution < -0.4 is 10.4 Å². The van der Waals surface area contributed by atoms with Gasteiger partial charge in [0.25, 0.3) is 11.8 Å². The van der Waals surface area contributed by atoms with Crippen molar-refractivity contribution in [2.75, 3.05) is 32.8 Å². The van der Waals surface area contributed by atoms with Crippen LogP contribution in [0.5, 0.6) is 5.75 Å². The molecule has 0 atom stereocenters. The maximum absolute atomic E-state index is 12.8. The molecule has 1 fully saturated rings. The fraction of sp³-hybridized carbons (Fsp3) is 0.286. The highest BCUT2D eigenvalue weighted by Crippen LogP contribution is 2.15. The molecule has 0 saturated carbocycles. The number of carbonyl (C=O) groups is 2. The van der Waals surface area contributed by atoms with Crippen LogP contribution in [-0.2, 0) is 4.79 Å². The third-order valence-corrected chi connectivity index (χ3v) is 5.07. The Kier molecular flexibility index (Phi) is 5.07. The Morgan fingerprint density at radius 2 is 1.59 bits per heavy atom. The third kappa shape index (κ3) is 4.16. The molecule has 2 heterocycles. The number of H-pyrrole nitrogens is 2. The van der Waals surface area contributed by atoms with E-state index < -0.39 is 0 Å². The van der Waals surface area contributed by atoms with Crippen LogP contribution in [0.2, 0.25) is 0 Å². The normalized spacial score (nSPS) is 14.2. The first-order valence-electron chi connectivity index (χ1n) is 9.48. The van der Waals surface area contributed by atoms with Gasteiger partial charge in [-0.1, -0.05) is 17.7 Å². The van der Waals surface area contributed by atoms with Gasteiger partial charge in [0.1, 0.15) is 5.75 Å². The topological polar surface area (TPSA) is 98.5 Å². The molecule has 1 aliphatic heterocycles. The minimum Gasteiger partial charge on any atom is -0.484 e. The Morgan fingerprint density at radius 1 is 0.931 bits per heavy atom. The first-order chi connectivity index (χ1) is 14.0. The average molecular weight is 394 g/mol. The fourth-order valence-corrected chi connectivity index (χ4v) is 3.38. The van der Waals surface area contributed by atoms with E-state index in [1.165, 1.54) is 0 Å². The number of ether oxygens (including phenoxy) is 1. The van der Waals surface area contributed by atoms with E-state index in [1.54, 1.807) is 28.0 Å². The van der Waals surface area contributed by atoms with Gasteiger partial charge in [-0.15, -0.1) is 0 Å². The molecule has 29 heavy (non-hydrogen) atoms. The number of piperazine rings is 1. The average Bonchev–Trinajstić information content (AvgIpc) is 3.12. The van der Waals surface area contributed by atoms with Crippen LogP contribution >= 0.6 is 0 Å². The van der Waals surface area contributed by atoms with Crippen molar-refractivity contribution in [3.05, 3.63) is 64.1 Å². The Labute approximate surface area is 167 Å². The van der Waals surface area contributed by atoms with Gasteiger partial charge in [0.2, 0.25) is 0 Å². The Balaban J connectivity index is 1.31. The molecule has 4 rings (SSSR count). The minimum atomic E-state index is -0.301. The summed E-state index contributed by atoms with van der Waals surface area (Å²) in [5.41, 5.74) is 2.60. The molecule has 1 aliphatic rings. The number of aromatic amines is 2. The lowest BCUT2D eigenvalue weighted by Crippen LogP contribution is -2.51. The van der Waals surface area contributed by atoms with Crippen molar-refractivity contribution in [3.63, 3.8) is 0 Å². The molecular weight excluding hydrogens is 372 g/mol. The lowest BCUT2D eigenvalue weighted by atomic mass is 10.1. The molecule has 0 aliphatic carbocycles. The lowest BCUT2D eigenvalue weighted by molar-refractivity contribution is -0.134. The largest absolute Gasteiger partial charge is 0.484 e. The summed E-state index contributed by atoms with van der Waals surface area (Å²) < 4.78 is 5.56. The van der Waals surface area contributed by atoms with Gasteiger partial charge < -0.3 is 24.5 Å². The standard InChI is InChI=1S/C21H22N4O4/c1-14-2-5-16(6-3-14)29-13-19(26)24-8-10-25(11-9-24)20(27)15-4-7-17-18(12-15)23-21(28)22-17/h2-7,12H,8-11,13H2,1H3,(H2,22,23,28). The summed E-state index contributed by atoms with van der Waals surface area (Å²) in [7, 11) is 0. The van der Waals surface area contributed by atoms with E-state index in [0.29, 0.717) is 48.5 Å². The molecule has 0 spiro atoms. The number of aromatic nitrogens is 2. The van der Waals surface area contributed by atoms with E-state index >= 15 is 0 Å². The number of carbonyl (C=O) groups excluding carboxylic acids is 2. The maximum atomic E-state index is 12.8. The van der Waals surface area contributed by atoms with Crippen LogP contribution in [-0.4, -0.2) is 64.4 Å². The molecule has 1 aromatic heterocycles. The summed E-state index contributed by atoms with van der Waals surface area (Å²) in [6, 6.07) is 12.6. The summed E-state index contributed by atoms with van der Waals surface area (Å²) in [5, 5.41) is 0. The maximum Gasteiger partial charge on any atom is 0.323 e. The second kappa shape index (κ2) is 7.83. The number of nitrogens with one attached hydrogen (secondary N) is 2. The van der Waals surface area contributed by atoms with Gasteiger partial charge in [-0.2, -0.15) is 0 Å². The number of nitrogens with zero attached hydrogens (tertiary/aromatic N) is 2. The summed E-state index contributed by atoms with van der Waals surface area (Å²) in [5.74, 6) is 0.455. The lowest BCUT2D eigenvalue weighted by Gasteiger charge is -2.34.